The van der Waals surface area contributed by atoms with E-state index in [4.69, 9.17) is 18.9 Å². The summed E-state index contributed by atoms with van der Waals surface area (Å²) in [4.78, 5) is 24.8. The van der Waals surface area contributed by atoms with E-state index in [0.29, 0.717) is 18.8 Å². The zero-order valence-corrected chi connectivity index (χ0v) is 19.6. The van der Waals surface area contributed by atoms with Gasteiger partial charge in [-0.25, -0.2) is 9.59 Å². The number of carbonyl (C=O) groups excluding carboxylic acids is 1. The van der Waals surface area contributed by atoms with Crippen molar-refractivity contribution in [3.8, 4) is 5.75 Å². The minimum absolute atomic E-state index is 0.0494. The number of benzene rings is 1. The van der Waals surface area contributed by atoms with Gasteiger partial charge in [0, 0.05) is 32.6 Å². The molecule has 0 spiro atoms. The van der Waals surface area contributed by atoms with Crippen LogP contribution < -0.4 is 4.74 Å². The third-order valence-electron chi connectivity index (χ3n) is 4.56. The number of carboxylic acid groups (broad SMARTS) is 1. The molecule has 0 fully saturated rings. The molecule has 1 aromatic rings. The Labute approximate surface area is 197 Å². The number of ether oxygens (including phenoxy) is 4. The van der Waals surface area contributed by atoms with Gasteiger partial charge in [0.05, 0.1) is 19.8 Å². The van der Waals surface area contributed by atoms with E-state index in [1.807, 2.05) is 6.92 Å². The standard InChI is InChI=1S/C23H34F3NO7/c1-3-13-34-22(30)27(11-15-31-14-5-10-23(24,25)26)12-16-33-19-8-6-18(7-9-19)17-20(21(28)29)32-4-2/h6-9,20H,3-5,10-17H2,1-2H3,(H,28,29). The zero-order chi connectivity index (χ0) is 25.4. The molecule has 1 N–H and O–H groups in total. The van der Waals surface area contributed by atoms with Crippen LogP contribution in [0.15, 0.2) is 24.3 Å². The molecule has 1 atom stereocenters. The molecule has 1 aromatic carbocycles. The summed E-state index contributed by atoms with van der Waals surface area (Å²) in [6.45, 7) is 4.69. The van der Waals surface area contributed by atoms with Crippen LogP contribution in [0.1, 0.15) is 38.7 Å². The monoisotopic (exact) mass is 493 g/mol. The number of carboxylic acids is 1. The van der Waals surface area contributed by atoms with E-state index in [2.05, 4.69) is 0 Å². The summed E-state index contributed by atoms with van der Waals surface area (Å²) in [6, 6.07) is 6.88. The van der Waals surface area contributed by atoms with Crippen LogP contribution >= 0.6 is 0 Å². The first kappa shape index (κ1) is 29.5. The van der Waals surface area contributed by atoms with Gasteiger partial charge in [-0.1, -0.05) is 19.1 Å². The van der Waals surface area contributed by atoms with Gasteiger partial charge in [0.15, 0.2) is 6.10 Å². The smallest absolute Gasteiger partial charge is 0.409 e. The van der Waals surface area contributed by atoms with E-state index in [-0.39, 0.29) is 52.4 Å². The van der Waals surface area contributed by atoms with E-state index in [0.717, 1.165) is 5.56 Å². The fourth-order valence-corrected chi connectivity index (χ4v) is 2.85. The molecule has 1 amide bonds. The molecule has 0 heterocycles. The van der Waals surface area contributed by atoms with Crippen LogP contribution in [0.25, 0.3) is 0 Å². The molecule has 0 radical (unpaired) electrons. The second-order valence-corrected chi connectivity index (χ2v) is 7.41. The van der Waals surface area contributed by atoms with E-state index >= 15 is 0 Å². The second-order valence-electron chi connectivity index (χ2n) is 7.41. The Morgan fingerprint density at radius 2 is 1.71 bits per heavy atom. The third kappa shape index (κ3) is 13.2. The molecule has 0 aliphatic heterocycles. The molecular weight excluding hydrogens is 459 g/mol. The molecule has 1 rings (SSSR count). The van der Waals surface area contributed by atoms with Crippen LogP contribution in [0.2, 0.25) is 0 Å². The maximum absolute atomic E-state index is 12.2. The number of alkyl halides is 3. The molecule has 0 saturated carbocycles. The Balaban J connectivity index is 2.49. The van der Waals surface area contributed by atoms with Crippen molar-refractivity contribution in [2.45, 2.75) is 51.8 Å². The van der Waals surface area contributed by atoms with Gasteiger partial charge in [0.1, 0.15) is 12.4 Å². The fourth-order valence-electron chi connectivity index (χ4n) is 2.85. The van der Waals surface area contributed by atoms with Crippen molar-refractivity contribution in [1.29, 1.82) is 0 Å². The van der Waals surface area contributed by atoms with Crippen molar-refractivity contribution in [3.05, 3.63) is 29.8 Å². The summed E-state index contributed by atoms with van der Waals surface area (Å²) >= 11 is 0. The van der Waals surface area contributed by atoms with Gasteiger partial charge in [0.2, 0.25) is 0 Å². The SMILES string of the molecule is CCCOC(=O)N(CCOCCCC(F)(F)F)CCOc1ccc(CC(OCC)C(=O)O)cc1. The van der Waals surface area contributed by atoms with Crippen molar-refractivity contribution in [3.63, 3.8) is 0 Å². The van der Waals surface area contributed by atoms with E-state index < -0.39 is 30.8 Å². The lowest BCUT2D eigenvalue weighted by Crippen LogP contribution is -2.37. The van der Waals surface area contributed by atoms with Gasteiger partial charge < -0.3 is 29.0 Å². The lowest BCUT2D eigenvalue weighted by molar-refractivity contribution is -0.150. The highest BCUT2D eigenvalue weighted by atomic mass is 19.4. The molecule has 0 saturated heterocycles. The molecule has 0 aliphatic carbocycles. The summed E-state index contributed by atoms with van der Waals surface area (Å²) < 4.78 is 57.7. The maximum atomic E-state index is 12.2. The van der Waals surface area contributed by atoms with Crippen molar-refractivity contribution in [2.24, 2.45) is 0 Å². The van der Waals surface area contributed by atoms with Crippen LogP contribution in [-0.4, -0.2) is 80.5 Å². The van der Waals surface area contributed by atoms with Crippen molar-refractivity contribution >= 4 is 12.1 Å². The van der Waals surface area contributed by atoms with Gasteiger partial charge in [-0.15, -0.1) is 0 Å². The summed E-state index contributed by atoms with van der Waals surface area (Å²) in [5, 5.41) is 9.18. The Morgan fingerprint density at radius 1 is 1.03 bits per heavy atom. The number of halogens is 3. The van der Waals surface area contributed by atoms with Gasteiger partial charge in [0.25, 0.3) is 0 Å². The average molecular weight is 494 g/mol. The molecule has 0 aliphatic rings. The Hall–Kier alpha value is -2.53. The second kappa shape index (κ2) is 16.2. The molecular formula is C23H34F3NO7. The normalized spacial score (nSPS) is 12.3. The van der Waals surface area contributed by atoms with Gasteiger partial charge in [-0.3, -0.25) is 0 Å². The predicted octanol–water partition coefficient (Wildman–Crippen LogP) is 4.31. The first-order valence-electron chi connectivity index (χ1n) is 11.3. The number of rotatable bonds is 17. The Bertz CT molecular complexity index is 714. The number of hydrogen-bond acceptors (Lipinski definition) is 6. The van der Waals surface area contributed by atoms with Crippen LogP contribution in [0.3, 0.4) is 0 Å². The van der Waals surface area contributed by atoms with Crippen molar-refractivity contribution < 1.29 is 46.8 Å². The molecule has 194 valence electrons. The molecule has 0 aromatic heterocycles. The Morgan fingerprint density at radius 3 is 2.29 bits per heavy atom. The van der Waals surface area contributed by atoms with Crippen molar-refractivity contribution in [1.82, 2.24) is 4.90 Å². The van der Waals surface area contributed by atoms with Crippen LogP contribution in [0.5, 0.6) is 5.75 Å². The third-order valence-corrected chi connectivity index (χ3v) is 4.56. The molecule has 34 heavy (non-hydrogen) atoms. The largest absolute Gasteiger partial charge is 0.492 e. The lowest BCUT2D eigenvalue weighted by Gasteiger charge is -2.22. The zero-order valence-electron chi connectivity index (χ0n) is 19.6. The van der Waals surface area contributed by atoms with Crippen LogP contribution in [-0.2, 0) is 25.4 Å². The Kier molecular flexibility index (Phi) is 14.0. The van der Waals surface area contributed by atoms with Crippen molar-refractivity contribution in [2.75, 3.05) is 46.1 Å². The first-order valence-corrected chi connectivity index (χ1v) is 11.3. The summed E-state index contributed by atoms with van der Waals surface area (Å²) in [5.74, 6) is -0.487. The minimum Gasteiger partial charge on any atom is -0.492 e. The first-order chi connectivity index (χ1) is 16.2. The molecule has 0 bridgehead atoms. The fraction of sp³-hybridized carbons (Fsp3) is 0.652. The van der Waals surface area contributed by atoms with Gasteiger partial charge in [-0.05, 0) is 37.5 Å². The molecule has 8 nitrogen and oxygen atoms in total. The highest BCUT2D eigenvalue weighted by Gasteiger charge is 2.26. The summed E-state index contributed by atoms with van der Waals surface area (Å²) in [6.07, 6.45) is -5.85. The van der Waals surface area contributed by atoms with E-state index in [1.54, 1.807) is 31.2 Å². The minimum atomic E-state index is -4.21. The summed E-state index contributed by atoms with van der Waals surface area (Å²) in [7, 11) is 0. The number of hydrogen-bond donors (Lipinski definition) is 1. The number of carbonyl (C=O) groups is 2. The lowest BCUT2D eigenvalue weighted by atomic mass is 10.1. The maximum Gasteiger partial charge on any atom is 0.409 e. The van der Waals surface area contributed by atoms with Crippen LogP contribution in [0.4, 0.5) is 18.0 Å². The topological polar surface area (TPSA) is 94.5 Å². The van der Waals surface area contributed by atoms with E-state index in [9.17, 15) is 27.9 Å². The molecule has 1 unspecified atom stereocenters. The van der Waals surface area contributed by atoms with Gasteiger partial charge in [-0.2, -0.15) is 13.2 Å². The summed E-state index contributed by atoms with van der Waals surface area (Å²) in [5.41, 5.74) is 0.778. The molecule has 11 heteroatoms. The predicted molar refractivity (Wildman–Crippen MR) is 118 cm³/mol. The highest BCUT2D eigenvalue weighted by molar-refractivity contribution is 5.72. The average Bonchev–Trinajstić information content (AvgIpc) is 2.78. The van der Waals surface area contributed by atoms with E-state index in [1.165, 1.54) is 4.90 Å². The highest BCUT2D eigenvalue weighted by Crippen LogP contribution is 2.21. The number of aliphatic carboxylic acids is 1. The number of nitrogens with zero attached hydrogens (tertiary/aromatic N) is 1. The number of amides is 1. The van der Waals surface area contributed by atoms with Gasteiger partial charge >= 0.3 is 18.2 Å². The van der Waals surface area contributed by atoms with Crippen LogP contribution in [0, 0.1) is 0 Å². The quantitative estimate of drug-likeness (QED) is 0.323.